The molecule has 0 spiro atoms. The van der Waals surface area contributed by atoms with E-state index in [4.69, 9.17) is 26.2 Å². The van der Waals surface area contributed by atoms with Crippen molar-refractivity contribution >= 4 is 47.0 Å². The first kappa shape index (κ1) is 40.8. The molecule has 0 aliphatic heterocycles. The Labute approximate surface area is 301 Å². The lowest BCUT2D eigenvalue weighted by Crippen LogP contribution is -2.55. The molecule has 0 fully saturated rings. The van der Waals surface area contributed by atoms with Crippen LogP contribution in [0.2, 0.25) is 5.02 Å². The number of carbonyl (C=O) groups is 6. The molecular formula is C35H36ClF3N4O9. The maximum absolute atomic E-state index is 13.9. The van der Waals surface area contributed by atoms with Crippen LogP contribution < -0.4 is 30.7 Å². The van der Waals surface area contributed by atoms with Crippen LogP contribution in [0.4, 0.5) is 13.2 Å². The van der Waals surface area contributed by atoms with Gasteiger partial charge < -0.3 is 35.8 Å². The van der Waals surface area contributed by atoms with Crippen LogP contribution in [0.25, 0.3) is 0 Å². The highest BCUT2D eigenvalue weighted by atomic mass is 35.5. The van der Waals surface area contributed by atoms with Gasteiger partial charge in [-0.3, -0.25) is 28.8 Å². The Morgan fingerprint density at radius 3 is 2.04 bits per heavy atom. The zero-order chi connectivity index (χ0) is 38.6. The highest BCUT2D eigenvalue weighted by molar-refractivity contribution is 6.30. The molecule has 0 heterocycles. The fourth-order valence-electron chi connectivity index (χ4n) is 4.71. The third kappa shape index (κ3) is 12.3. The minimum absolute atomic E-state index is 0.0569. The van der Waals surface area contributed by atoms with Crippen molar-refractivity contribution in [2.24, 2.45) is 5.92 Å². The number of carboxylic acid groups (broad SMARTS) is 1. The van der Waals surface area contributed by atoms with Crippen LogP contribution in [0.3, 0.4) is 0 Å². The summed E-state index contributed by atoms with van der Waals surface area (Å²) in [5, 5.41) is 18.4. The number of hydrogen-bond acceptors (Lipinski definition) is 8. The summed E-state index contributed by atoms with van der Waals surface area (Å²) >= 11 is 6.14. The monoisotopic (exact) mass is 748 g/mol. The Kier molecular flexibility index (Phi) is 14.6. The number of Topliss-reactive ketones (excluding diaryl/α,β-unsaturated/α-hetero) is 1. The van der Waals surface area contributed by atoms with Crippen LogP contribution >= 0.6 is 11.6 Å². The molecule has 13 nitrogen and oxygen atoms in total. The number of ether oxygens (including phenoxy) is 2. The molecule has 0 saturated heterocycles. The lowest BCUT2D eigenvalue weighted by Gasteiger charge is -2.27. The van der Waals surface area contributed by atoms with Crippen molar-refractivity contribution in [2.75, 3.05) is 20.3 Å². The maximum atomic E-state index is 13.9. The van der Waals surface area contributed by atoms with Gasteiger partial charge in [0, 0.05) is 17.0 Å². The summed E-state index contributed by atoms with van der Waals surface area (Å²) in [7, 11) is 1.39. The molecule has 0 radical (unpaired) electrons. The fraction of sp³-hybridized carbons (Fsp3) is 0.314. The van der Waals surface area contributed by atoms with Crippen molar-refractivity contribution in [3.63, 3.8) is 0 Å². The molecule has 3 aromatic rings. The predicted molar refractivity (Wildman–Crippen MR) is 181 cm³/mol. The third-order valence-corrected chi connectivity index (χ3v) is 7.63. The molecule has 3 atom stereocenters. The second-order valence-electron chi connectivity index (χ2n) is 11.7. The first-order valence-corrected chi connectivity index (χ1v) is 16.0. The number of hydrogen-bond donors (Lipinski definition) is 5. The summed E-state index contributed by atoms with van der Waals surface area (Å²) in [6.07, 6.45) is -5.38. The van der Waals surface area contributed by atoms with Crippen LogP contribution in [-0.4, -0.2) is 79.0 Å². The number of alkyl halides is 3. The van der Waals surface area contributed by atoms with Crippen molar-refractivity contribution in [1.29, 1.82) is 0 Å². The smallest absolute Gasteiger partial charge is 0.452 e. The minimum Gasteiger partial charge on any atom is -0.497 e. The van der Waals surface area contributed by atoms with Gasteiger partial charge in [-0.05, 0) is 65.6 Å². The van der Waals surface area contributed by atoms with Gasteiger partial charge in [-0.25, -0.2) is 0 Å². The number of nitrogens with one attached hydrogen (secondary N) is 4. The highest BCUT2D eigenvalue weighted by Crippen LogP contribution is 2.24. The summed E-state index contributed by atoms with van der Waals surface area (Å²) in [4.78, 5) is 75.4. The van der Waals surface area contributed by atoms with E-state index in [1.54, 1.807) is 24.3 Å². The Bertz CT molecular complexity index is 1750. The van der Waals surface area contributed by atoms with Crippen LogP contribution in [0.15, 0.2) is 72.8 Å². The molecule has 0 bridgehead atoms. The molecule has 5 N–H and O–H groups in total. The largest absolute Gasteiger partial charge is 0.497 e. The second kappa shape index (κ2) is 18.6. The number of methoxy groups -OCH3 is 1. The van der Waals surface area contributed by atoms with Gasteiger partial charge in [-0.2, -0.15) is 13.2 Å². The fourth-order valence-corrected chi connectivity index (χ4v) is 4.93. The Morgan fingerprint density at radius 1 is 0.846 bits per heavy atom. The van der Waals surface area contributed by atoms with Crippen LogP contribution in [0.1, 0.15) is 41.4 Å². The van der Waals surface area contributed by atoms with Gasteiger partial charge in [0.05, 0.1) is 13.2 Å². The number of aliphatic carboxylic acids is 1. The summed E-state index contributed by atoms with van der Waals surface area (Å²) in [6.45, 7) is 1.56. The van der Waals surface area contributed by atoms with Gasteiger partial charge in [0.15, 0.2) is 6.61 Å². The summed E-state index contributed by atoms with van der Waals surface area (Å²) < 4.78 is 50.6. The molecule has 278 valence electrons. The number of ketones is 1. The molecule has 4 amide bonds. The molecule has 0 saturated carbocycles. The van der Waals surface area contributed by atoms with E-state index in [2.05, 4.69) is 21.3 Å². The summed E-state index contributed by atoms with van der Waals surface area (Å²) in [6, 6.07) is 12.6. The van der Waals surface area contributed by atoms with E-state index in [0.717, 1.165) is 0 Å². The van der Waals surface area contributed by atoms with Crippen molar-refractivity contribution in [3.05, 3.63) is 94.5 Å². The summed E-state index contributed by atoms with van der Waals surface area (Å²) in [5.74, 6) is -7.26. The van der Waals surface area contributed by atoms with E-state index in [9.17, 15) is 41.9 Å². The first-order valence-electron chi connectivity index (χ1n) is 15.6. The van der Waals surface area contributed by atoms with Crippen molar-refractivity contribution in [2.45, 2.75) is 44.6 Å². The molecule has 0 unspecified atom stereocenters. The number of amides is 4. The summed E-state index contributed by atoms with van der Waals surface area (Å²) in [5.41, 5.74) is 0.703. The van der Waals surface area contributed by atoms with Crippen molar-refractivity contribution in [1.82, 2.24) is 21.3 Å². The number of halogens is 4. The van der Waals surface area contributed by atoms with Gasteiger partial charge in [0.25, 0.3) is 17.6 Å². The third-order valence-electron chi connectivity index (χ3n) is 7.40. The van der Waals surface area contributed by atoms with Crippen molar-refractivity contribution in [3.8, 4) is 11.5 Å². The molecule has 0 aliphatic rings. The normalized spacial score (nSPS) is 12.8. The zero-order valence-corrected chi connectivity index (χ0v) is 28.8. The van der Waals surface area contributed by atoms with Gasteiger partial charge in [-0.1, -0.05) is 49.7 Å². The van der Waals surface area contributed by atoms with E-state index in [0.29, 0.717) is 16.3 Å². The molecular weight excluding hydrogens is 713 g/mol. The van der Waals surface area contributed by atoms with Crippen LogP contribution in [0.5, 0.6) is 11.5 Å². The molecule has 52 heavy (non-hydrogen) atoms. The number of rotatable bonds is 17. The average molecular weight is 749 g/mol. The SMILES string of the molecule is COc1ccc([C@H](NC(=O)[C@H](Cc2cccc(Cl)c2)NC(=O)c2ccc(OCC(=O)NCC(=O)O)cc2)C(=O)N[C@H](C(=O)C(F)(F)F)C(C)C)cc1. The zero-order valence-electron chi connectivity index (χ0n) is 28.1. The lowest BCUT2D eigenvalue weighted by atomic mass is 9.97. The van der Waals surface area contributed by atoms with Gasteiger partial charge >= 0.3 is 12.1 Å². The molecule has 3 rings (SSSR count). The maximum Gasteiger partial charge on any atom is 0.452 e. The lowest BCUT2D eigenvalue weighted by molar-refractivity contribution is -0.175. The number of carboxylic acids is 1. The van der Waals surface area contributed by atoms with Crippen LogP contribution in [0, 0.1) is 5.92 Å². The van der Waals surface area contributed by atoms with Gasteiger partial charge in [0.1, 0.15) is 30.1 Å². The standard InChI is InChI=1S/C35H36ClF3N4O9/c1-19(2)29(31(47)35(37,38)39)42-34(50)30(21-7-11-24(51-3)12-8-21)43-33(49)26(16-20-5-4-6-23(36)15-20)41-32(48)22-9-13-25(14-10-22)52-18-27(44)40-17-28(45)46/h4-15,19,26,29-30H,16-18H2,1-3H3,(H,40,44)(H,41,48)(H,42,50)(H,43,49)(H,45,46)/t26-,29-,30-/m0/s1. The quantitative estimate of drug-likeness (QED) is 0.138. The van der Waals surface area contributed by atoms with E-state index in [-0.39, 0.29) is 23.3 Å². The molecule has 0 aromatic heterocycles. The Hall–Kier alpha value is -5.64. The number of benzene rings is 3. The highest BCUT2D eigenvalue weighted by Gasteiger charge is 2.45. The molecule has 0 aliphatic carbocycles. The molecule has 17 heteroatoms. The number of carbonyl (C=O) groups excluding carboxylic acids is 5. The van der Waals surface area contributed by atoms with E-state index < -0.39 is 78.8 Å². The van der Waals surface area contributed by atoms with E-state index in [1.807, 2.05) is 0 Å². The molecule has 3 aromatic carbocycles. The predicted octanol–water partition coefficient (Wildman–Crippen LogP) is 3.40. The van der Waals surface area contributed by atoms with E-state index >= 15 is 0 Å². The topological polar surface area (TPSA) is 189 Å². The Morgan fingerprint density at radius 2 is 1.48 bits per heavy atom. The second-order valence-corrected chi connectivity index (χ2v) is 12.1. The first-order chi connectivity index (χ1) is 24.5. The Balaban J connectivity index is 1.88. The van der Waals surface area contributed by atoms with Gasteiger partial charge in [0.2, 0.25) is 11.8 Å². The van der Waals surface area contributed by atoms with Crippen molar-refractivity contribution < 1.29 is 56.5 Å². The van der Waals surface area contributed by atoms with Gasteiger partial charge in [-0.15, -0.1) is 0 Å². The van der Waals surface area contributed by atoms with Crippen LogP contribution in [-0.2, 0) is 30.4 Å². The van der Waals surface area contributed by atoms with E-state index in [1.165, 1.54) is 69.5 Å². The minimum atomic E-state index is -5.24. The average Bonchev–Trinajstić information content (AvgIpc) is 3.10.